The zero-order chi connectivity index (χ0) is 16.2. The van der Waals surface area contributed by atoms with E-state index in [0.29, 0.717) is 27.7 Å². The number of rotatable bonds is 3. The average Bonchev–Trinajstić information content (AvgIpc) is 2.56. The van der Waals surface area contributed by atoms with Crippen LogP contribution < -0.4 is 11.1 Å². The summed E-state index contributed by atoms with van der Waals surface area (Å²) >= 11 is 6.14. The van der Waals surface area contributed by atoms with Gasteiger partial charge in [-0.05, 0) is 36.4 Å². The molecule has 0 fully saturated rings. The summed E-state index contributed by atoms with van der Waals surface area (Å²) in [7, 11) is 0. The molecule has 0 spiro atoms. The molecule has 0 saturated heterocycles. The van der Waals surface area contributed by atoms with Crippen LogP contribution in [0.1, 0.15) is 10.4 Å². The van der Waals surface area contributed by atoms with Gasteiger partial charge in [-0.15, -0.1) is 0 Å². The van der Waals surface area contributed by atoms with Crippen LogP contribution in [0, 0.1) is 0 Å². The second kappa shape index (κ2) is 6.50. The summed E-state index contributed by atoms with van der Waals surface area (Å²) in [6.45, 7) is 0. The van der Waals surface area contributed by atoms with Crippen molar-refractivity contribution < 1.29 is 4.79 Å². The Kier molecular flexibility index (Phi) is 4.26. The van der Waals surface area contributed by atoms with Gasteiger partial charge in [0.15, 0.2) is 0 Å². The molecular formula is C18H14ClN3O. The third-order valence-electron chi connectivity index (χ3n) is 3.36. The van der Waals surface area contributed by atoms with Crippen LogP contribution >= 0.6 is 11.6 Å². The number of hydrogen-bond donors (Lipinski definition) is 2. The number of nitrogens with one attached hydrogen (secondary N) is 1. The first kappa shape index (κ1) is 15.1. The lowest BCUT2D eigenvalue weighted by molar-refractivity contribution is 0.102. The van der Waals surface area contributed by atoms with Gasteiger partial charge in [0, 0.05) is 23.1 Å². The lowest BCUT2D eigenvalue weighted by Crippen LogP contribution is -2.14. The number of halogens is 1. The fourth-order valence-electron chi connectivity index (χ4n) is 2.23. The van der Waals surface area contributed by atoms with E-state index in [1.165, 1.54) is 0 Å². The molecule has 0 unspecified atom stereocenters. The van der Waals surface area contributed by atoms with Gasteiger partial charge in [0.2, 0.25) is 0 Å². The molecule has 2 aromatic carbocycles. The molecule has 3 N–H and O–H groups in total. The maximum atomic E-state index is 12.3. The van der Waals surface area contributed by atoms with Crippen molar-refractivity contribution in [3.05, 3.63) is 77.4 Å². The standard InChI is InChI=1S/C18H14ClN3O/c19-15-7-4-10-21-17(15)12-8-9-14(16(20)11-12)18(23)22-13-5-2-1-3-6-13/h1-11H,20H2,(H,22,23). The number of amides is 1. The molecule has 114 valence electrons. The number of nitrogens with two attached hydrogens (primary N) is 1. The Labute approximate surface area is 138 Å². The van der Waals surface area contributed by atoms with Gasteiger partial charge in [-0.1, -0.05) is 35.9 Å². The maximum Gasteiger partial charge on any atom is 0.257 e. The second-order valence-corrected chi connectivity index (χ2v) is 5.36. The van der Waals surface area contributed by atoms with Crippen molar-refractivity contribution in [1.82, 2.24) is 4.98 Å². The molecule has 1 amide bonds. The van der Waals surface area contributed by atoms with Gasteiger partial charge in [0.25, 0.3) is 5.91 Å². The number of benzene rings is 2. The van der Waals surface area contributed by atoms with E-state index < -0.39 is 0 Å². The third-order valence-corrected chi connectivity index (χ3v) is 3.66. The Hall–Kier alpha value is -2.85. The van der Waals surface area contributed by atoms with Crippen LogP contribution in [0.2, 0.25) is 5.02 Å². The number of nitrogen functional groups attached to an aromatic ring is 1. The molecule has 0 atom stereocenters. The van der Waals surface area contributed by atoms with Crippen molar-refractivity contribution in [2.75, 3.05) is 11.1 Å². The lowest BCUT2D eigenvalue weighted by atomic mass is 10.1. The number of carbonyl (C=O) groups excluding carboxylic acids is 1. The molecule has 0 aliphatic carbocycles. The van der Waals surface area contributed by atoms with E-state index in [2.05, 4.69) is 10.3 Å². The fourth-order valence-corrected chi connectivity index (χ4v) is 2.47. The minimum absolute atomic E-state index is 0.257. The van der Waals surface area contributed by atoms with Crippen molar-refractivity contribution in [3.63, 3.8) is 0 Å². The largest absolute Gasteiger partial charge is 0.398 e. The fraction of sp³-hybridized carbons (Fsp3) is 0. The van der Waals surface area contributed by atoms with Crippen molar-refractivity contribution in [3.8, 4) is 11.3 Å². The van der Waals surface area contributed by atoms with Crippen LogP contribution in [0.25, 0.3) is 11.3 Å². The van der Waals surface area contributed by atoms with Gasteiger partial charge in [-0.2, -0.15) is 0 Å². The Morgan fingerprint density at radius 1 is 1.04 bits per heavy atom. The quantitative estimate of drug-likeness (QED) is 0.708. The smallest absolute Gasteiger partial charge is 0.257 e. The topological polar surface area (TPSA) is 68.0 Å². The first-order valence-corrected chi connectivity index (χ1v) is 7.40. The zero-order valence-electron chi connectivity index (χ0n) is 12.2. The highest BCUT2D eigenvalue weighted by Gasteiger charge is 2.12. The first-order valence-electron chi connectivity index (χ1n) is 7.02. The molecular weight excluding hydrogens is 310 g/mol. The van der Waals surface area contributed by atoms with E-state index >= 15 is 0 Å². The van der Waals surface area contributed by atoms with Gasteiger partial charge in [0.05, 0.1) is 16.3 Å². The summed E-state index contributed by atoms with van der Waals surface area (Å²) in [5.74, 6) is -0.257. The summed E-state index contributed by atoms with van der Waals surface area (Å²) in [4.78, 5) is 16.6. The van der Waals surface area contributed by atoms with Crippen LogP contribution in [0.5, 0.6) is 0 Å². The van der Waals surface area contributed by atoms with Crippen LogP contribution in [-0.4, -0.2) is 10.9 Å². The number of carbonyl (C=O) groups is 1. The van der Waals surface area contributed by atoms with Crippen LogP contribution in [0.3, 0.4) is 0 Å². The molecule has 3 aromatic rings. The van der Waals surface area contributed by atoms with Gasteiger partial charge in [-0.25, -0.2) is 0 Å². The molecule has 3 rings (SSSR count). The monoisotopic (exact) mass is 323 g/mol. The molecule has 23 heavy (non-hydrogen) atoms. The van der Waals surface area contributed by atoms with Gasteiger partial charge < -0.3 is 11.1 Å². The molecule has 0 saturated carbocycles. The number of aromatic nitrogens is 1. The van der Waals surface area contributed by atoms with Crippen molar-refractivity contribution >= 4 is 28.9 Å². The molecule has 0 bridgehead atoms. The normalized spacial score (nSPS) is 10.3. The van der Waals surface area contributed by atoms with Crippen LogP contribution in [0.15, 0.2) is 66.9 Å². The van der Waals surface area contributed by atoms with E-state index in [1.807, 2.05) is 30.3 Å². The predicted molar refractivity (Wildman–Crippen MR) is 93.5 cm³/mol. The number of anilines is 2. The van der Waals surface area contributed by atoms with E-state index in [-0.39, 0.29) is 5.91 Å². The molecule has 1 aromatic heterocycles. The Balaban J connectivity index is 1.88. The minimum atomic E-state index is -0.257. The number of hydrogen-bond acceptors (Lipinski definition) is 3. The van der Waals surface area contributed by atoms with E-state index in [1.54, 1.807) is 36.5 Å². The highest BCUT2D eigenvalue weighted by atomic mass is 35.5. The first-order chi connectivity index (χ1) is 11.1. The lowest BCUT2D eigenvalue weighted by Gasteiger charge is -2.10. The summed E-state index contributed by atoms with van der Waals surface area (Å²) in [5, 5.41) is 3.34. The third kappa shape index (κ3) is 3.33. The molecule has 0 radical (unpaired) electrons. The maximum absolute atomic E-state index is 12.3. The highest BCUT2D eigenvalue weighted by molar-refractivity contribution is 6.33. The van der Waals surface area contributed by atoms with Gasteiger partial charge in [0.1, 0.15) is 0 Å². The molecule has 1 heterocycles. The summed E-state index contributed by atoms with van der Waals surface area (Å²) in [5.41, 5.74) is 8.93. The van der Waals surface area contributed by atoms with Crippen molar-refractivity contribution in [2.24, 2.45) is 0 Å². The summed E-state index contributed by atoms with van der Waals surface area (Å²) < 4.78 is 0. The zero-order valence-corrected chi connectivity index (χ0v) is 12.9. The van der Waals surface area contributed by atoms with E-state index in [9.17, 15) is 4.79 Å². The second-order valence-electron chi connectivity index (χ2n) is 4.96. The molecule has 0 aliphatic heterocycles. The predicted octanol–water partition coefficient (Wildman–Crippen LogP) is 4.24. The van der Waals surface area contributed by atoms with Gasteiger partial charge in [-0.3, -0.25) is 9.78 Å². The summed E-state index contributed by atoms with van der Waals surface area (Å²) in [6.07, 6.45) is 1.66. The van der Waals surface area contributed by atoms with Crippen LogP contribution in [0.4, 0.5) is 11.4 Å². The Morgan fingerprint density at radius 2 is 1.83 bits per heavy atom. The summed E-state index contributed by atoms with van der Waals surface area (Å²) in [6, 6.07) is 17.9. The Bertz CT molecular complexity index is 850. The number of nitrogens with zero attached hydrogens (tertiary/aromatic N) is 1. The SMILES string of the molecule is Nc1cc(-c2ncccc2Cl)ccc1C(=O)Nc1ccccc1. The molecule has 5 heteroatoms. The van der Waals surface area contributed by atoms with E-state index in [4.69, 9.17) is 17.3 Å². The minimum Gasteiger partial charge on any atom is -0.398 e. The van der Waals surface area contributed by atoms with Crippen molar-refractivity contribution in [1.29, 1.82) is 0 Å². The van der Waals surface area contributed by atoms with Gasteiger partial charge >= 0.3 is 0 Å². The molecule has 4 nitrogen and oxygen atoms in total. The Morgan fingerprint density at radius 3 is 2.52 bits per heavy atom. The van der Waals surface area contributed by atoms with E-state index in [0.717, 1.165) is 5.56 Å². The highest BCUT2D eigenvalue weighted by Crippen LogP contribution is 2.28. The van der Waals surface area contributed by atoms with Crippen LogP contribution in [-0.2, 0) is 0 Å². The number of para-hydroxylation sites is 1. The number of pyridine rings is 1. The molecule has 0 aliphatic rings. The van der Waals surface area contributed by atoms with Crippen molar-refractivity contribution in [2.45, 2.75) is 0 Å². The average molecular weight is 324 g/mol.